The molecule has 0 aliphatic carbocycles. The lowest BCUT2D eigenvalue weighted by Crippen LogP contribution is -1.76. The van der Waals surface area contributed by atoms with Crippen LogP contribution in [0, 0.1) is 2.88 Å². The van der Waals surface area contributed by atoms with Gasteiger partial charge in [-0.25, -0.2) is 0 Å². The molecule has 3 heteroatoms. The van der Waals surface area contributed by atoms with Crippen molar-refractivity contribution in [2.75, 3.05) is 0 Å². The van der Waals surface area contributed by atoms with E-state index in [1.807, 2.05) is 22.7 Å². The van der Waals surface area contributed by atoms with Gasteiger partial charge in [-0.05, 0) is 74.5 Å². The predicted molar refractivity (Wildman–Crippen MR) is 105 cm³/mol. The zero-order valence-corrected chi connectivity index (χ0v) is 14.7. The van der Waals surface area contributed by atoms with Crippen LogP contribution in [-0.4, -0.2) is 0 Å². The summed E-state index contributed by atoms with van der Waals surface area (Å²) in [5.41, 5.74) is 0. The minimum atomic E-state index is 1.32. The molecule has 0 atom stereocenters. The largest absolute Gasteiger partial charge is 0.134 e. The fourth-order valence-corrected chi connectivity index (χ4v) is 6.42. The lowest BCUT2D eigenvalue weighted by atomic mass is 10.0. The fourth-order valence-electron chi connectivity index (χ4n) is 2.96. The summed E-state index contributed by atoms with van der Waals surface area (Å²) in [5.74, 6) is 0. The van der Waals surface area contributed by atoms with Crippen LogP contribution in [-0.2, 0) is 0 Å². The molecule has 0 radical (unpaired) electrons. The van der Waals surface area contributed by atoms with E-state index < -0.39 is 0 Å². The normalized spacial score (nSPS) is 12.0. The van der Waals surface area contributed by atoms with Gasteiger partial charge in [-0.3, -0.25) is 0 Å². The summed E-state index contributed by atoms with van der Waals surface area (Å²) < 4.78 is 5.62. The molecule has 0 saturated carbocycles. The van der Waals surface area contributed by atoms with Crippen molar-refractivity contribution in [1.29, 1.82) is 0 Å². The van der Waals surface area contributed by atoms with Crippen LogP contribution in [0.1, 0.15) is 0 Å². The maximum atomic E-state index is 2.42. The van der Waals surface area contributed by atoms with E-state index in [9.17, 15) is 0 Å². The van der Waals surface area contributed by atoms with Crippen molar-refractivity contribution in [3.05, 3.63) is 57.5 Å². The van der Waals surface area contributed by atoms with Gasteiger partial charge in [0.15, 0.2) is 0 Å². The number of hydrogen-bond donors (Lipinski definition) is 0. The van der Waals surface area contributed by atoms with E-state index in [-0.39, 0.29) is 0 Å². The van der Waals surface area contributed by atoms with E-state index in [4.69, 9.17) is 0 Å². The first-order valence-electron chi connectivity index (χ1n) is 6.72. The Morgan fingerprint density at radius 1 is 0.667 bits per heavy atom. The summed E-state index contributed by atoms with van der Waals surface area (Å²) >= 11 is 6.22. The Morgan fingerprint density at radius 2 is 1.38 bits per heavy atom. The smallest absolute Gasteiger partial charge is 0.0674 e. The Balaban J connectivity index is 1.97. The number of hydrogen-bond acceptors (Lipinski definition) is 2. The molecule has 5 aromatic rings. The molecule has 5 rings (SSSR count). The minimum Gasteiger partial charge on any atom is -0.134 e. The Kier molecular flexibility index (Phi) is 2.60. The van der Waals surface area contributed by atoms with Gasteiger partial charge in [0, 0.05) is 14.8 Å². The van der Waals surface area contributed by atoms with Crippen LogP contribution in [0.2, 0.25) is 0 Å². The van der Waals surface area contributed by atoms with Crippen LogP contribution in [0.5, 0.6) is 0 Å². The predicted octanol–water partition coefficient (Wildman–Crippen LogP) is 7.03. The van der Waals surface area contributed by atoms with E-state index in [0.717, 1.165) is 0 Å². The molecule has 0 nitrogen and oxygen atoms in total. The molecule has 100 valence electrons. The lowest BCUT2D eigenvalue weighted by Gasteiger charge is -2.03. The van der Waals surface area contributed by atoms with E-state index in [1.54, 1.807) is 0 Å². The summed E-state index contributed by atoms with van der Waals surface area (Å²) in [4.78, 5) is 0. The molecule has 0 fully saturated rings. The molecule has 3 aromatic carbocycles. The van der Waals surface area contributed by atoms with E-state index in [1.165, 1.54) is 43.9 Å². The molecular weight excluding hydrogens is 407 g/mol. The van der Waals surface area contributed by atoms with Gasteiger partial charge in [-0.1, -0.05) is 24.3 Å². The van der Waals surface area contributed by atoms with Gasteiger partial charge in [0.25, 0.3) is 0 Å². The summed E-state index contributed by atoms with van der Waals surface area (Å²) in [6.07, 6.45) is 0. The highest BCUT2D eigenvalue weighted by atomic mass is 127. The summed E-state index contributed by atoms with van der Waals surface area (Å²) in [6.45, 7) is 0. The molecule has 0 saturated heterocycles. The Bertz CT molecular complexity index is 1150. The maximum absolute atomic E-state index is 2.42. The highest BCUT2D eigenvalue weighted by Gasteiger charge is 2.10. The molecule has 0 bridgehead atoms. The highest BCUT2D eigenvalue weighted by Crippen LogP contribution is 2.41. The standard InChI is InChI=1S/C18H9IS2/c19-17-9-16-18(21-17)14-7-12-5-10-3-1-2-4-11(10)6-13(12)8-15(14)20-16/h1-9H. The monoisotopic (exact) mass is 416 g/mol. The van der Waals surface area contributed by atoms with E-state index in [0.29, 0.717) is 0 Å². The van der Waals surface area contributed by atoms with E-state index in [2.05, 4.69) is 77.2 Å². The van der Waals surface area contributed by atoms with Crippen molar-refractivity contribution in [1.82, 2.24) is 0 Å². The summed E-state index contributed by atoms with van der Waals surface area (Å²) in [6, 6.07) is 20.2. The molecule has 0 N–H and O–H groups in total. The molecule has 0 amide bonds. The van der Waals surface area contributed by atoms with Gasteiger partial charge in [-0.2, -0.15) is 0 Å². The first-order chi connectivity index (χ1) is 10.3. The third-order valence-corrected chi connectivity index (χ3v) is 7.09. The third kappa shape index (κ3) is 1.84. The minimum absolute atomic E-state index is 1.32. The molecule has 2 heterocycles. The quantitative estimate of drug-likeness (QED) is 0.188. The molecule has 2 aromatic heterocycles. The number of benzene rings is 3. The van der Waals surface area contributed by atoms with Gasteiger partial charge < -0.3 is 0 Å². The van der Waals surface area contributed by atoms with Crippen molar-refractivity contribution in [3.8, 4) is 0 Å². The van der Waals surface area contributed by atoms with Crippen molar-refractivity contribution in [3.63, 3.8) is 0 Å². The molecule has 0 aliphatic heterocycles. The Morgan fingerprint density at radius 3 is 2.14 bits per heavy atom. The zero-order chi connectivity index (χ0) is 14.0. The number of thiophene rings is 2. The summed E-state index contributed by atoms with van der Waals surface area (Å²) in [5, 5.41) is 6.72. The second kappa shape index (κ2) is 4.41. The van der Waals surface area contributed by atoms with Crippen LogP contribution in [0.25, 0.3) is 41.0 Å². The molecule has 21 heavy (non-hydrogen) atoms. The van der Waals surface area contributed by atoms with E-state index >= 15 is 0 Å². The van der Waals surface area contributed by atoms with Gasteiger partial charge in [-0.15, -0.1) is 22.7 Å². The average Bonchev–Trinajstić information content (AvgIpc) is 2.98. The highest BCUT2D eigenvalue weighted by molar-refractivity contribution is 14.1. The van der Waals surface area contributed by atoms with Crippen molar-refractivity contribution in [2.45, 2.75) is 0 Å². The second-order valence-corrected chi connectivity index (χ2v) is 9.27. The van der Waals surface area contributed by atoms with Crippen molar-refractivity contribution >= 4 is 86.3 Å². The number of fused-ring (bicyclic) bond motifs is 5. The number of rotatable bonds is 0. The van der Waals surface area contributed by atoms with Crippen molar-refractivity contribution in [2.24, 2.45) is 0 Å². The van der Waals surface area contributed by atoms with Crippen molar-refractivity contribution < 1.29 is 0 Å². The topological polar surface area (TPSA) is 0 Å². The zero-order valence-electron chi connectivity index (χ0n) is 10.9. The average molecular weight is 416 g/mol. The first-order valence-corrected chi connectivity index (χ1v) is 9.43. The third-order valence-electron chi connectivity index (χ3n) is 3.94. The summed E-state index contributed by atoms with van der Waals surface area (Å²) in [7, 11) is 0. The lowest BCUT2D eigenvalue weighted by molar-refractivity contribution is 1.80. The SMILES string of the molecule is Ic1cc2sc3cc4cc5ccccc5cc4cc3c2s1. The van der Waals surface area contributed by atoms with Gasteiger partial charge in [0.2, 0.25) is 0 Å². The molecule has 0 aliphatic rings. The maximum Gasteiger partial charge on any atom is 0.0674 e. The Labute approximate surface area is 143 Å². The van der Waals surface area contributed by atoms with Gasteiger partial charge in [0.1, 0.15) is 0 Å². The van der Waals surface area contributed by atoms with Crippen LogP contribution in [0.15, 0.2) is 54.6 Å². The fraction of sp³-hybridized carbons (Fsp3) is 0. The first kappa shape index (κ1) is 12.4. The van der Waals surface area contributed by atoms with Crippen LogP contribution in [0.4, 0.5) is 0 Å². The van der Waals surface area contributed by atoms with Gasteiger partial charge >= 0.3 is 0 Å². The molecule has 0 unspecified atom stereocenters. The molecular formula is C18H9IS2. The van der Waals surface area contributed by atoms with Crippen LogP contribution in [0.3, 0.4) is 0 Å². The second-order valence-electron chi connectivity index (χ2n) is 5.24. The van der Waals surface area contributed by atoms with Gasteiger partial charge in [0.05, 0.1) is 7.58 Å². The number of halogens is 1. The Hall–Kier alpha value is -1.17. The van der Waals surface area contributed by atoms with Crippen LogP contribution >= 0.6 is 45.3 Å². The molecule has 0 spiro atoms. The van der Waals surface area contributed by atoms with Crippen LogP contribution < -0.4 is 0 Å².